The molecule has 1 aliphatic rings. The molecule has 0 bridgehead atoms. The van der Waals surface area contributed by atoms with Crippen molar-refractivity contribution in [2.75, 3.05) is 49.1 Å². The molecule has 0 aliphatic carbocycles. The molecule has 42 heavy (non-hydrogen) atoms. The van der Waals surface area contributed by atoms with Gasteiger partial charge in [-0.2, -0.15) is 4.31 Å². The Kier molecular flexibility index (Phi) is 8.29. The molecule has 1 saturated heterocycles. The Morgan fingerprint density at radius 3 is 2.24 bits per heavy atom. The maximum atomic E-state index is 13.2. The SMILES string of the molecule is CCCN(c1nc(-c2nc(N)cc(N)n2)cs1)c1cc(-c2ccc(S(=O)(=O)N3CCN(C(=O)O)CC3)cc2)ccc1C. The number of nitrogens with zero attached hydrogens (tertiary/aromatic N) is 6. The van der Waals surface area contributed by atoms with Crippen molar-refractivity contribution in [1.29, 1.82) is 0 Å². The van der Waals surface area contributed by atoms with Crippen molar-refractivity contribution >= 4 is 49.9 Å². The Balaban J connectivity index is 1.40. The van der Waals surface area contributed by atoms with Gasteiger partial charge in [-0.3, -0.25) is 0 Å². The first-order chi connectivity index (χ1) is 20.1. The van der Waals surface area contributed by atoms with Crippen LogP contribution in [0.5, 0.6) is 0 Å². The molecule has 2 aromatic heterocycles. The molecule has 5 rings (SSSR count). The first kappa shape index (κ1) is 29.2. The van der Waals surface area contributed by atoms with Gasteiger partial charge < -0.3 is 26.4 Å². The minimum atomic E-state index is -3.74. The minimum Gasteiger partial charge on any atom is -0.465 e. The first-order valence-corrected chi connectivity index (χ1v) is 15.7. The molecule has 0 atom stereocenters. The second-order valence-corrected chi connectivity index (χ2v) is 12.7. The van der Waals surface area contributed by atoms with E-state index in [2.05, 4.69) is 27.9 Å². The molecule has 0 unspecified atom stereocenters. The van der Waals surface area contributed by atoms with Crippen LogP contribution in [0.4, 0.5) is 27.2 Å². The fourth-order valence-corrected chi connectivity index (χ4v) is 7.07. The summed E-state index contributed by atoms with van der Waals surface area (Å²) in [6, 6.07) is 14.4. The highest BCUT2D eigenvalue weighted by molar-refractivity contribution is 7.89. The number of aryl methyl sites for hydroxylation is 1. The van der Waals surface area contributed by atoms with Crippen molar-refractivity contribution in [1.82, 2.24) is 24.2 Å². The number of hydrogen-bond donors (Lipinski definition) is 3. The summed E-state index contributed by atoms with van der Waals surface area (Å²) in [5.41, 5.74) is 16.1. The van der Waals surface area contributed by atoms with Crippen LogP contribution in [0.25, 0.3) is 22.6 Å². The average molecular weight is 609 g/mol. The summed E-state index contributed by atoms with van der Waals surface area (Å²) >= 11 is 1.48. The van der Waals surface area contributed by atoms with E-state index in [1.165, 1.54) is 26.6 Å². The number of rotatable bonds is 8. The number of anilines is 4. The van der Waals surface area contributed by atoms with E-state index in [4.69, 9.17) is 21.6 Å². The van der Waals surface area contributed by atoms with E-state index in [9.17, 15) is 13.2 Å². The Bertz CT molecular complexity index is 1680. The molecule has 5 N–H and O–H groups in total. The number of amides is 1. The van der Waals surface area contributed by atoms with E-state index in [1.54, 1.807) is 24.3 Å². The predicted octanol–water partition coefficient (Wildman–Crippen LogP) is 4.27. The maximum absolute atomic E-state index is 13.2. The van der Waals surface area contributed by atoms with E-state index < -0.39 is 16.1 Å². The molecule has 1 fully saturated rings. The largest absolute Gasteiger partial charge is 0.465 e. The molecule has 220 valence electrons. The smallest absolute Gasteiger partial charge is 0.407 e. The van der Waals surface area contributed by atoms with Crippen LogP contribution < -0.4 is 16.4 Å². The second kappa shape index (κ2) is 11.9. The van der Waals surface area contributed by atoms with E-state index >= 15 is 0 Å². The van der Waals surface area contributed by atoms with E-state index in [-0.39, 0.29) is 42.7 Å². The fraction of sp³-hybridized carbons (Fsp3) is 0.286. The van der Waals surface area contributed by atoms with Crippen LogP contribution in [-0.2, 0) is 10.0 Å². The number of thiazole rings is 1. The quantitative estimate of drug-likeness (QED) is 0.262. The van der Waals surface area contributed by atoms with E-state index in [1.807, 2.05) is 24.4 Å². The molecule has 0 saturated carbocycles. The van der Waals surface area contributed by atoms with Gasteiger partial charge in [0.2, 0.25) is 10.0 Å². The molecule has 1 aliphatic heterocycles. The highest BCUT2D eigenvalue weighted by Crippen LogP contribution is 2.36. The third-order valence-electron chi connectivity index (χ3n) is 7.00. The molecular weight excluding hydrogens is 576 g/mol. The summed E-state index contributed by atoms with van der Waals surface area (Å²) in [4.78, 5) is 28.1. The topological polar surface area (TPSA) is 172 Å². The average Bonchev–Trinajstić information content (AvgIpc) is 3.46. The Hall–Kier alpha value is -4.27. The number of carbonyl (C=O) groups is 1. The fourth-order valence-electron chi connectivity index (χ4n) is 4.80. The van der Waals surface area contributed by atoms with Gasteiger partial charge in [0, 0.05) is 49.9 Å². The number of aromatic nitrogens is 3. The van der Waals surface area contributed by atoms with Gasteiger partial charge in [0.15, 0.2) is 11.0 Å². The highest BCUT2D eigenvalue weighted by atomic mass is 32.2. The zero-order valence-corrected chi connectivity index (χ0v) is 24.9. The normalized spacial score (nSPS) is 14.2. The van der Waals surface area contributed by atoms with Crippen LogP contribution in [0.2, 0.25) is 0 Å². The van der Waals surface area contributed by atoms with Crippen molar-refractivity contribution in [3.8, 4) is 22.6 Å². The number of hydrogen-bond acceptors (Lipinski definition) is 10. The number of sulfonamides is 1. The van der Waals surface area contributed by atoms with Crippen LogP contribution in [0.3, 0.4) is 0 Å². The first-order valence-electron chi connectivity index (χ1n) is 13.4. The van der Waals surface area contributed by atoms with Crippen LogP contribution in [0.15, 0.2) is 58.8 Å². The standard InChI is InChI=1S/C28H32N8O4S2/c1-3-10-36(27-31-22(17-41-27)26-32-24(29)16-25(30)33-26)23-15-20(5-4-18(23)2)19-6-8-21(9-7-19)42(39,40)35-13-11-34(12-14-35)28(37)38/h4-9,15-17H,3,10-14H2,1-2H3,(H,37,38)(H4,29,30,32,33). The van der Waals surface area contributed by atoms with Crippen LogP contribution >= 0.6 is 11.3 Å². The Morgan fingerprint density at radius 2 is 1.62 bits per heavy atom. The van der Waals surface area contributed by atoms with E-state index in [0.29, 0.717) is 11.5 Å². The Morgan fingerprint density at radius 1 is 0.976 bits per heavy atom. The maximum Gasteiger partial charge on any atom is 0.407 e. The van der Waals surface area contributed by atoms with Crippen molar-refractivity contribution in [3.05, 3.63) is 59.5 Å². The van der Waals surface area contributed by atoms with Gasteiger partial charge >= 0.3 is 6.09 Å². The lowest BCUT2D eigenvalue weighted by molar-refractivity contribution is 0.126. The van der Waals surface area contributed by atoms with Crippen LogP contribution in [0, 0.1) is 6.92 Å². The van der Waals surface area contributed by atoms with Gasteiger partial charge in [-0.1, -0.05) is 31.2 Å². The molecule has 14 heteroatoms. The predicted molar refractivity (Wildman–Crippen MR) is 164 cm³/mol. The summed E-state index contributed by atoms with van der Waals surface area (Å²) < 4.78 is 27.7. The van der Waals surface area contributed by atoms with Gasteiger partial charge in [0.05, 0.1) is 4.90 Å². The third kappa shape index (κ3) is 6.00. The summed E-state index contributed by atoms with van der Waals surface area (Å²) in [5.74, 6) is 0.928. The lowest BCUT2D eigenvalue weighted by atomic mass is 10.0. The zero-order chi connectivity index (χ0) is 30.0. The molecular formula is C28H32N8O4S2. The van der Waals surface area contributed by atoms with Gasteiger partial charge in [-0.05, 0) is 48.2 Å². The molecule has 0 radical (unpaired) electrons. The van der Waals surface area contributed by atoms with Gasteiger partial charge in [0.25, 0.3) is 0 Å². The minimum absolute atomic E-state index is 0.126. The molecule has 3 heterocycles. The van der Waals surface area contributed by atoms with Gasteiger partial charge in [-0.15, -0.1) is 11.3 Å². The lowest BCUT2D eigenvalue weighted by Gasteiger charge is -2.32. The summed E-state index contributed by atoms with van der Waals surface area (Å²) in [6.07, 6.45) is -0.157. The van der Waals surface area contributed by atoms with Crippen molar-refractivity contribution in [2.45, 2.75) is 25.2 Å². The summed E-state index contributed by atoms with van der Waals surface area (Å²) in [6.45, 7) is 5.41. The highest BCUT2D eigenvalue weighted by Gasteiger charge is 2.30. The molecule has 12 nitrogen and oxygen atoms in total. The van der Waals surface area contributed by atoms with Crippen molar-refractivity contribution in [2.24, 2.45) is 0 Å². The number of carboxylic acid groups (broad SMARTS) is 1. The molecule has 4 aromatic rings. The number of nitrogen functional groups attached to an aromatic ring is 2. The molecule has 1 amide bonds. The second-order valence-electron chi connectivity index (χ2n) is 9.91. The van der Waals surface area contributed by atoms with Gasteiger partial charge in [-0.25, -0.2) is 28.2 Å². The van der Waals surface area contributed by atoms with Crippen LogP contribution in [0.1, 0.15) is 18.9 Å². The zero-order valence-electron chi connectivity index (χ0n) is 23.3. The summed E-state index contributed by atoms with van der Waals surface area (Å²) in [5, 5.41) is 11.8. The number of benzene rings is 2. The summed E-state index contributed by atoms with van der Waals surface area (Å²) in [7, 11) is -3.74. The lowest BCUT2D eigenvalue weighted by Crippen LogP contribution is -2.50. The third-order valence-corrected chi connectivity index (χ3v) is 9.78. The number of piperazine rings is 1. The van der Waals surface area contributed by atoms with Gasteiger partial charge in [0.1, 0.15) is 17.3 Å². The monoisotopic (exact) mass is 608 g/mol. The van der Waals surface area contributed by atoms with Crippen molar-refractivity contribution < 1.29 is 18.3 Å². The van der Waals surface area contributed by atoms with Crippen molar-refractivity contribution in [3.63, 3.8) is 0 Å². The molecule has 0 spiro atoms. The Labute approximate surface area is 248 Å². The van der Waals surface area contributed by atoms with Crippen LogP contribution in [-0.4, -0.2) is 76.5 Å². The van der Waals surface area contributed by atoms with E-state index in [0.717, 1.165) is 40.5 Å². The molecule has 2 aromatic carbocycles. The number of nitrogens with two attached hydrogens (primary N) is 2.